The van der Waals surface area contributed by atoms with Crippen molar-refractivity contribution in [1.29, 1.82) is 0 Å². The van der Waals surface area contributed by atoms with Crippen LogP contribution >= 0.6 is 0 Å². The highest BCUT2D eigenvalue weighted by Crippen LogP contribution is 2.31. The van der Waals surface area contributed by atoms with Crippen molar-refractivity contribution in [2.45, 2.75) is 44.6 Å². The average molecular weight is 381 g/mol. The predicted octanol–water partition coefficient (Wildman–Crippen LogP) is 4.44. The van der Waals surface area contributed by atoms with Crippen molar-refractivity contribution in [3.8, 4) is 0 Å². The van der Waals surface area contributed by atoms with Crippen LogP contribution in [0.25, 0.3) is 11.2 Å². The van der Waals surface area contributed by atoms with E-state index < -0.39 is 11.8 Å². The molecule has 0 spiro atoms. The number of pyridine rings is 1. The fourth-order valence-corrected chi connectivity index (χ4v) is 3.89. The van der Waals surface area contributed by atoms with Gasteiger partial charge in [0.1, 0.15) is 17.2 Å². The van der Waals surface area contributed by atoms with Gasteiger partial charge in [0.25, 0.3) is 0 Å². The van der Waals surface area contributed by atoms with E-state index in [1.165, 1.54) is 31.4 Å². The molecule has 146 valence electrons. The van der Waals surface area contributed by atoms with Crippen molar-refractivity contribution in [3.63, 3.8) is 0 Å². The smallest absolute Gasteiger partial charge is 0.319 e. The van der Waals surface area contributed by atoms with Gasteiger partial charge < -0.3 is 15.2 Å². The molecule has 1 aliphatic rings. The van der Waals surface area contributed by atoms with Crippen molar-refractivity contribution in [1.82, 2.24) is 19.9 Å². The summed E-state index contributed by atoms with van der Waals surface area (Å²) < 4.78 is 15.9. The van der Waals surface area contributed by atoms with Crippen molar-refractivity contribution in [2.75, 3.05) is 11.9 Å². The Bertz CT molecular complexity index is 964. The SMILES string of the molecule is O=C(NCCc1nc2cccnc2n1C1CCCCC1)Nc1ccccc1F. The van der Waals surface area contributed by atoms with Gasteiger partial charge in [-0.15, -0.1) is 0 Å². The summed E-state index contributed by atoms with van der Waals surface area (Å²) >= 11 is 0. The Labute approximate surface area is 163 Å². The van der Waals surface area contributed by atoms with Crippen LogP contribution in [0.5, 0.6) is 0 Å². The molecular formula is C21H24FN5O. The third-order valence-electron chi connectivity index (χ3n) is 5.22. The lowest BCUT2D eigenvalue weighted by Crippen LogP contribution is -2.31. The summed E-state index contributed by atoms with van der Waals surface area (Å²) in [5.41, 5.74) is 1.97. The number of anilines is 1. The molecule has 0 radical (unpaired) electrons. The third-order valence-corrected chi connectivity index (χ3v) is 5.22. The zero-order valence-corrected chi connectivity index (χ0v) is 15.7. The van der Waals surface area contributed by atoms with Crippen LogP contribution in [-0.2, 0) is 6.42 Å². The zero-order valence-electron chi connectivity index (χ0n) is 15.7. The molecule has 0 aliphatic heterocycles. The van der Waals surface area contributed by atoms with E-state index >= 15 is 0 Å². The molecule has 1 aromatic carbocycles. The standard InChI is InChI=1S/C21H24FN5O/c22-16-9-4-5-10-17(16)26-21(28)24-14-12-19-25-18-11-6-13-23-20(18)27(19)15-7-2-1-3-8-15/h4-6,9-11,13,15H,1-3,7-8,12,14H2,(H2,24,26,28). The number of imidazole rings is 1. The predicted molar refractivity (Wildman–Crippen MR) is 107 cm³/mol. The largest absolute Gasteiger partial charge is 0.337 e. The number of hydrogen-bond acceptors (Lipinski definition) is 3. The van der Waals surface area contributed by atoms with Crippen molar-refractivity contribution < 1.29 is 9.18 Å². The number of carbonyl (C=O) groups is 1. The quantitative estimate of drug-likeness (QED) is 0.686. The van der Waals surface area contributed by atoms with Gasteiger partial charge in [0, 0.05) is 25.2 Å². The van der Waals surface area contributed by atoms with Gasteiger partial charge >= 0.3 is 6.03 Å². The van der Waals surface area contributed by atoms with Crippen LogP contribution in [0.4, 0.5) is 14.9 Å². The van der Waals surface area contributed by atoms with E-state index in [1.54, 1.807) is 18.3 Å². The third kappa shape index (κ3) is 3.98. The van der Waals surface area contributed by atoms with Gasteiger partial charge in [-0.2, -0.15) is 0 Å². The Morgan fingerprint density at radius 2 is 1.96 bits per heavy atom. The number of halogens is 1. The first-order valence-electron chi connectivity index (χ1n) is 9.83. The molecule has 2 N–H and O–H groups in total. The Kier molecular flexibility index (Phi) is 5.50. The summed E-state index contributed by atoms with van der Waals surface area (Å²) in [5, 5.41) is 5.33. The van der Waals surface area contributed by atoms with Crippen molar-refractivity contribution in [3.05, 3.63) is 54.2 Å². The molecule has 2 heterocycles. The molecule has 0 bridgehead atoms. The van der Waals surface area contributed by atoms with E-state index in [0.717, 1.165) is 29.8 Å². The first-order chi connectivity index (χ1) is 13.7. The average Bonchev–Trinajstić information content (AvgIpc) is 3.08. The molecular weight excluding hydrogens is 357 g/mol. The number of para-hydroxylation sites is 1. The van der Waals surface area contributed by atoms with Crippen LogP contribution in [0, 0.1) is 5.82 Å². The molecule has 0 atom stereocenters. The summed E-state index contributed by atoms with van der Waals surface area (Å²) in [6.45, 7) is 0.413. The van der Waals surface area contributed by atoms with Crippen LogP contribution in [0.3, 0.4) is 0 Å². The lowest BCUT2D eigenvalue weighted by molar-refractivity contribution is 0.252. The minimum Gasteiger partial charge on any atom is -0.337 e. The number of amides is 2. The lowest BCUT2D eigenvalue weighted by atomic mass is 9.95. The molecule has 4 rings (SSSR count). The van der Waals surface area contributed by atoms with Gasteiger partial charge in [-0.05, 0) is 37.1 Å². The van der Waals surface area contributed by atoms with E-state index in [2.05, 4.69) is 20.2 Å². The number of nitrogens with one attached hydrogen (secondary N) is 2. The molecule has 2 amide bonds. The second-order valence-corrected chi connectivity index (χ2v) is 7.15. The highest BCUT2D eigenvalue weighted by Gasteiger charge is 2.22. The van der Waals surface area contributed by atoms with Crippen LogP contribution in [0.1, 0.15) is 44.0 Å². The summed E-state index contributed by atoms with van der Waals surface area (Å²) in [4.78, 5) is 21.4. The Morgan fingerprint density at radius 3 is 2.79 bits per heavy atom. The number of benzene rings is 1. The van der Waals surface area contributed by atoms with Crippen LogP contribution in [-0.4, -0.2) is 27.1 Å². The normalized spacial score (nSPS) is 14.9. The van der Waals surface area contributed by atoms with E-state index in [9.17, 15) is 9.18 Å². The van der Waals surface area contributed by atoms with Gasteiger partial charge in [-0.1, -0.05) is 31.4 Å². The fourth-order valence-electron chi connectivity index (χ4n) is 3.89. The van der Waals surface area contributed by atoms with E-state index in [4.69, 9.17) is 4.98 Å². The highest BCUT2D eigenvalue weighted by molar-refractivity contribution is 5.89. The Hall–Kier alpha value is -2.96. The molecule has 28 heavy (non-hydrogen) atoms. The number of nitrogens with zero attached hydrogens (tertiary/aromatic N) is 3. The zero-order chi connectivity index (χ0) is 19.3. The highest BCUT2D eigenvalue weighted by atomic mass is 19.1. The number of hydrogen-bond donors (Lipinski definition) is 2. The maximum absolute atomic E-state index is 13.7. The molecule has 1 aliphatic carbocycles. The molecule has 1 saturated carbocycles. The molecule has 6 nitrogen and oxygen atoms in total. The monoisotopic (exact) mass is 381 g/mol. The first kappa shape index (κ1) is 18.4. The number of fused-ring (bicyclic) bond motifs is 1. The van der Waals surface area contributed by atoms with Gasteiger partial charge in [-0.3, -0.25) is 0 Å². The van der Waals surface area contributed by atoms with Crippen molar-refractivity contribution >= 4 is 22.9 Å². The Balaban J connectivity index is 1.44. The second-order valence-electron chi connectivity index (χ2n) is 7.15. The Morgan fingerprint density at radius 1 is 1.14 bits per heavy atom. The van der Waals surface area contributed by atoms with Crippen LogP contribution in [0.15, 0.2) is 42.6 Å². The summed E-state index contributed by atoms with van der Waals surface area (Å²) in [7, 11) is 0. The summed E-state index contributed by atoms with van der Waals surface area (Å²) in [6, 6.07) is 9.96. The second kappa shape index (κ2) is 8.37. The van der Waals surface area contributed by atoms with Gasteiger partial charge in [0.05, 0.1) is 5.69 Å². The number of carbonyl (C=O) groups excluding carboxylic acids is 1. The topological polar surface area (TPSA) is 71.8 Å². The molecule has 7 heteroatoms. The maximum Gasteiger partial charge on any atom is 0.319 e. The first-order valence-corrected chi connectivity index (χ1v) is 9.83. The fraction of sp³-hybridized carbons (Fsp3) is 0.381. The van der Waals surface area contributed by atoms with Crippen molar-refractivity contribution in [2.24, 2.45) is 0 Å². The molecule has 1 fully saturated rings. The van der Waals surface area contributed by atoms with E-state index in [0.29, 0.717) is 19.0 Å². The minimum atomic E-state index is -0.456. The van der Waals surface area contributed by atoms with Gasteiger partial charge in [0.15, 0.2) is 5.65 Å². The lowest BCUT2D eigenvalue weighted by Gasteiger charge is -2.25. The van der Waals surface area contributed by atoms with Gasteiger partial charge in [0.2, 0.25) is 0 Å². The van der Waals surface area contributed by atoms with E-state index in [-0.39, 0.29) is 5.69 Å². The maximum atomic E-state index is 13.7. The number of urea groups is 1. The van der Waals surface area contributed by atoms with E-state index in [1.807, 2.05) is 12.1 Å². The summed E-state index contributed by atoms with van der Waals surface area (Å²) in [5.74, 6) is 0.481. The van der Waals surface area contributed by atoms with Crippen LogP contribution in [0.2, 0.25) is 0 Å². The molecule has 0 unspecified atom stereocenters. The summed E-state index contributed by atoms with van der Waals surface area (Å²) in [6.07, 6.45) is 8.39. The van der Waals surface area contributed by atoms with Crippen LogP contribution < -0.4 is 10.6 Å². The number of aromatic nitrogens is 3. The van der Waals surface area contributed by atoms with Gasteiger partial charge in [-0.25, -0.2) is 19.2 Å². The molecule has 2 aromatic heterocycles. The minimum absolute atomic E-state index is 0.165. The number of rotatable bonds is 5. The molecule has 0 saturated heterocycles. The molecule has 3 aromatic rings.